The van der Waals surface area contributed by atoms with Gasteiger partial charge in [-0.2, -0.15) is 29.8 Å². The first-order chi connectivity index (χ1) is 46.9. The van der Waals surface area contributed by atoms with Crippen LogP contribution in [0.15, 0.2) is 73.3 Å². The Labute approximate surface area is 579 Å². The Morgan fingerprint density at radius 2 is 1.09 bits per heavy atom. The number of halogens is 3. The molecule has 6 saturated carbocycles. The Balaban J connectivity index is 0.000000193. The number of ether oxygens (including phenoxy) is 4. The number of fused-ring (bicyclic) bond motifs is 2. The van der Waals surface area contributed by atoms with Gasteiger partial charge in [0.25, 0.3) is 0 Å². The molecule has 6 heterocycles. The smallest absolute Gasteiger partial charge is 0.415 e. The van der Waals surface area contributed by atoms with Crippen LogP contribution in [0.25, 0.3) is 21.8 Å². The quantitative estimate of drug-likeness (QED) is 0.0529. The Morgan fingerprint density at radius 3 is 1.53 bits per heavy atom. The third-order valence-corrected chi connectivity index (χ3v) is 19.9. The fourth-order valence-electron chi connectivity index (χ4n) is 13.2. The van der Waals surface area contributed by atoms with Crippen LogP contribution < -0.4 is 15.5 Å². The summed E-state index contributed by atoms with van der Waals surface area (Å²) in [5.74, 6) is 0.0405. The van der Waals surface area contributed by atoms with E-state index < -0.39 is 35.6 Å². The van der Waals surface area contributed by atoms with E-state index in [0.29, 0.717) is 80.5 Å². The summed E-state index contributed by atoms with van der Waals surface area (Å²) in [5.41, 5.74) is 6.97. The Bertz CT molecular complexity index is 4520. The largest absolute Gasteiger partial charge is 0.448 e. The number of aromatic nitrogens is 10. The highest BCUT2D eigenvalue weighted by molar-refractivity contribution is 6.61. The second kappa shape index (κ2) is 29.0. The highest BCUT2D eigenvalue weighted by Crippen LogP contribution is 2.63. The second-order valence-corrected chi connectivity index (χ2v) is 29.2. The number of nitriles is 4. The number of pyridine rings is 4. The Hall–Kier alpha value is -9.79. The molecule has 2 aromatic carbocycles. The third-order valence-electron chi connectivity index (χ3n) is 19.9. The summed E-state index contributed by atoms with van der Waals surface area (Å²) >= 11 is 4.89. The van der Waals surface area contributed by atoms with Gasteiger partial charge in [0.2, 0.25) is 11.9 Å². The van der Waals surface area contributed by atoms with Crippen LogP contribution >= 0.6 is 11.6 Å². The van der Waals surface area contributed by atoms with Crippen molar-refractivity contribution in [1.29, 1.82) is 21.0 Å². The van der Waals surface area contributed by atoms with Gasteiger partial charge in [-0.25, -0.2) is 28.9 Å². The Kier molecular flexibility index (Phi) is 21.1. The predicted molar refractivity (Wildman–Crippen MR) is 367 cm³/mol. The number of hydrogen-bond donors (Lipinski definition) is 2. The molecule has 6 aliphatic carbocycles. The van der Waals surface area contributed by atoms with E-state index in [4.69, 9.17) is 21.1 Å². The van der Waals surface area contributed by atoms with Crippen LogP contribution in [-0.2, 0) is 36.4 Å². The lowest BCUT2D eigenvalue weighted by Gasteiger charge is -2.61. The lowest BCUT2D eigenvalue weighted by atomic mass is 9.50. The topological polar surface area (TPSA) is 306 Å². The SMILES string of the molecule is COC[C@@H](C)OC(=O)Cl.COC[C@@H](C)OC(=O)N(c1cc(C#N)c2ncc(C#N)c(N[C@H](C)C(C)(C)C)c2c1)[C@H](c1cn(C23CC(C2)C3)nn1)c1ccc(F)nc1C.Cc1nc(F)ccc1[C@H](Cc1cc(C#N)c2ncc(C#N)c(NC(C)C(C)(C)C)c2c1)c1cn(C23CC(C2)C3)nn1. The first kappa shape index (κ1) is 72.0. The molecule has 4 bridgehead atoms. The van der Waals surface area contributed by atoms with Crippen molar-refractivity contribution in [3.63, 3.8) is 0 Å². The van der Waals surface area contributed by atoms with Crippen LogP contribution in [0.3, 0.4) is 0 Å². The van der Waals surface area contributed by atoms with Crippen molar-refractivity contribution < 1.29 is 37.3 Å². The van der Waals surface area contributed by atoms with Crippen molar-refractivity contribution in [2.45, 2.75) is 175 Å². The maximum absolute atomic E-state index is 14.5. The number of benzene rings is 2. The maximum Gasteiger partial charge on any atom is 0.415 e. The minimum atomic E-state index is -0.988. The number of anilines is 3. The molecular formula is C73H82ClF2N17O6. The molecule has 0 spiro atoms. The van der Waals surface area contributed by atoms with E-state index in [9.17, 15) is 39.4 Å². The van der Waals surface area contributed by atoms with E-state index in [-0.39, 0.29) is 69.4 Å². The zero-order chi connectivity index (χ0) is 71.6. The summed E-state index contributed by atoms with van der Waals surface area (Å²) in [4.78, 5) is 43.0. The van der Waals surface area contributed by atoms with Crippen molar-refractivity contribution in [2.75, 3.05) is 43.0 Å². The van der Waals surface area contributed by atoms with Crippen LogP contribution in [-0.4, -0.2) is 113 Å². The molecule has 23 nitrogen and oxygen atoms in total. The molecule has 1 amide bonds. The van der Waals surface area contributed by atoms with Gasteiger partial charge in [0, 0.05) is 90.1 Å². The minimum Gasteiger partial charge on any atom is -0.448 e. The van der Waals surface area contributed by atoms with E-state index in [1.54, 1.807) is 52.0 Å². The normalized spacial score (nSPS) is 19.6. The Morgan fingerprint density at radius 1 is 0.646 bits per heavy atom. The number of amides is 1. The van der Waals surface area contributed by atoms with Crippen molar-refractivity contribution in [2.24, 2.45) is 22.7 Å². The van der Waals surface area contributed by atoms with Gasteiger partial charge in [-0.1, -0.05) is 64.1 Å². The van der Waals surface area contributed by atoms with Crippen LogP contribution in [0, 0.1) is 93.7 Å². The first-order valence-corrected chi connectivity index (χ1v) is 33.3. The highest BCUT2D eigenvalue weighted by atomic mass is 35.5. The summed E-state index contributed by atoms with van der Waals surface area (Å²) in [5, 5.41) is 67.0. The lowest BCUT2D eigenvalue weighted by Crippen LogP contribution is -2.59. The van der Waals surface area contributed by atoms with Crippen molar-refractivity contribution in [1.82, 2.24) is 49.9 Å². The molecule has 26 heteroatoms. The van der Waals surface area contributed by atoms with Gasteiger partial charge in [-0.05, 0) is 157 Å². The van der Waals surface area contributed by atoms with Gasteiger partial charge in [-0.15, -0.1) is 10.2 Å². The first-order valence-electron chi connectivity index (χ1n) is 33.0. The van der Waals surface area contributed by atoms with Gasteiger partial charge >= 0.3 is 11.5 Å². The summed E-state index contributed by atoms with van der Waals surface area (Å²) in [7, 11) is 3.04. The molecule has 6 aromatic heterocycles. The second-order valence-electron chi connectivity index (χ2n) is 28.9. The zero-order valence-corrected chi connectivity index (χ0v) is 59.0. The molecule has 516 valence electrons. The molecule has 0 saturated heterocycles. The van der Waals surface area contributed by atoms with Gasteiger partial charge in [0.1, 0.15) is 48.2 Å². The third kappa shape index (κ3) is 15.1. The number of carbonyl (C=O) groups is 2. The van der Waals surface area contributed by atoms with E-state index >= 15 is 0 Å². The molecule has 2 N–H and O–H groups in total. The molecule has 6 fully saturated rings. The summed E-state index contributed by atoms with van der Waals surface area (Å²) < 4.78 is 52.7. The van der Waals surface area contributed by atoms with E-state index in [1.165, 1.54) is 43.6 Å². The van der Waals surface area contributed by atoms with Crippen LogP contribution in [0.4, 0.5) is 35.4 Å². The van der Waals surface area contributed by atoms with Crippen molar-refractivity contribution in [3.8, 4) is 24.3 Å². The molecule has 0 aliphatic heterocycles. The number of aryl methyl sites for hydroxylation is 2. The average molecular weight is 1370 g/mol. The number of nitrogens with zero attached hydrogens (tertiary/aromatic N) is 15. The summed E-state index contributed by atoms with van der Waals surface area (Å²) in [6.45, 7) is 24.1. The summed E-state index contributed by atoms with van der Waals surface area (Å²) in [6, 6.07) is 21.1. The average Bonchev–Trinajstić information content (AvgIpc) is 1.71. The molecule has 0 radical (unpaired) electrons. The van der Waals surface area contributed by atoms with Crippen molar-refractivity contribution >= 4 is 62.0 Å². The van der Waals surface area contributed by atoms with Gasteiger partial charge in [0.05, 0.1) is 86.5 Å². The molecule has 99 heavy (non-hydrogen) atoms. The maximum atomic E-state index is 14.5. The van der Waals surface area contributed by atoms with E-state index in [1.807, 2.05) is 40.8 Å². The standard InChI is InChI=1S/C36H40FN9O3.C32H33FN8.C5H9ClO3/c1-20(19-48-7)49-34(47)46(26-10-24(15-38)31-28(11-26)32(25(16-39)17-40-31)42-22(3)35(4,5)6)33(27-8-9-30(37)41-21(27)2)29-18-45(44-43-29)36-12-23(13-36)14-36;1-18-24(6-7-28(33)37-18)25(27-17-41(40-39-27)32-11-21(12-32)13-32)9-20-8-22(14-34)29-26(10-20)30(23(15-35)16-36-29)38-19(2)31(3,4)5;1-4(3-8-2)9-5(6)7/h8-11,17-18,20,22-23,33H,12-14,19H2,1-7H3,(H,40,42);6-8,10,16-17,19,21,25H,9,11-13H2,1-5H3,(H,36,38);4H,3H2,1-2H3/t20-,22-,23?,33+,36?;19?,21?,25-,32?;4-/m101/s1. The number of rotatable bonds is 20. The monoisotopic (exact) mass is 1370 g/mol. The number of carbonyl (C=O) groups excluding carboxylic acids is 2. The summed E-state index contributed by atoms with van der Waals surface area (Å²) in [6.07, 6.45) is 12.1. The van der Waals surface area contributed by atoms with E-state index in [2.05, 4.69) is 133 Å². The fraction of sp³-hybridized carbons (Fsp3) is 0.479. The van der Waals surface area contributed by atoms with Crippen molar-refractivity contribution in [3.05, 3.63) is 147 Å². The van der Waals surface area contributed by atoms with Gasteiger partial charge in [-0.3, -0.25) is 14.9 Å². The van der Waals surface area contributed by atoms with Crippen LogP contribution in [0.2, 0.25) is 0 Å². The van der Waals surface area contributed by atoms with E-state index in [0.717, 1.165) is 66.6 Å². The number of methoxy groups -OCH3 is 2. The lowest BCUT2D eigenvalue weighted by molar-refractivity contribution is -0.0990. The van der Waals surface area contributed by atoms with Crippen LogP contribution in [0.5, 0.6) is 0 Å². The highest BCUT2D eigenvalue weighted by Gasteiger charge is 2.60. The molecule has 6 atom stereocenters. The number of nitrogens with one attached hydrogen (secondary N) is 2. The molecule has 8 aromatic rings. The fourth-order valence-corrected chi connectivity index (χ4v) is 13.4. The molecule has 6 aliphatic rings. The minimum absolute atomic E-state index is 0.0436. The number of hydrogen-bond acceptors (Lipinski definition) is 20. The molecular weight excluding hydrogens is 1280 g/mol. The van der Waals surface area contributed by atoms with Crippen LogP contribution in [0.1, 0.15) is 181 Å². The predicted octanol–water partition coefficient (Wildman–Crippen LogP) is 14.1. The molecule has 14 rings (SSSR count). The zero-order valence-electron chi connectivity index (χ0n) is 58.2. The molecule has 1 unspecified atom stereocenters. The van der Waals surface area contributed by atoms with Gasteiger partial charge in [0.15, 0.2) is 0 Å². The van der Waals surface area contributed by atoms with Gasteiger partial charge < -0.3 is 29.6 Å².